The Labute approximate surface area is 193 Å². The lowest BCUT2D eigenvalue weighted by atomic mass is 9.87. The van der Waals surface area contributed by atoms with Crippen molar-refractivity contribution in [2.24, 2.45) is 0 Å². The molecule has 2 aromatic carbocycles. The molecule has 8 nitrogen and oxygen atoms in total. The number of allylic oxidation sites excluding steroid dienone is 1. The van der Waals surface area contributed by atoms with E-state index in [1.807, 2.05) is 19.1 Å². The molecule has 2 atom stereocenters. The number of aliphatic hydroxyl groups excluding tert-OH is 1. The minimum atomic E-state index is -1.19. The highest BCUT2D eigenvalue weighted by Crippen LogP contribution is 2.34. The number of β-amino-alcohol motifs (C(OH)–C–C–N with tert-alkyl or cyclic N) is 1. The van der Waals surface area contributed by atoms with Crippen molar-refractivity contribution in [3.05, 3.63) is 66.2 Å². The third kappa shape index (κ3) is 4.96. The first-order valence-electron chi connectivity index (χ1n) is 10.8. The molecule has 0 spiro atoms. The van der Waals surface area contributed by atoms with Gasteiger partial charge in [0.25, 0.3) is 5.91 Å². The van der Waals surface area contributed by atoms with Crippen LogP contribution < -0.4 is 19.5 Å². The summed E-state index contributed by atoms with van der Waals surface area (Å²) in [5.41, 5.74) is 0.485. The second-order valence-electron chi connectivity index (χ2n) is 7.78. The molecule has 0 radical (unpaired) electrons. The van der Waals surface area contributed by atoms with Crippen LogP contribution >= 0.6 is 0 Å². The van der Waals surface area contributed by atoms with Crippen LogP contribution in [0.3, 0.4) is 0 Å². The van der Waals surface area contributed by atoms with Crippen LogP contribution in [0.4, 0.5) is 4.79 Å². The maximum Gasteiger partial charge on any atom is 0.325 e. The standard InChI is InChI=1S/C25H30N2O6/c1-5-7-17-8-13-21(22(14-17)32-4)33-16-19(28)15-27-23(29)25(6-2,26-24(27)30)18-9-11-20(31-3)12-10-18/h5,8-14,19,28H,1,6-7,15-16H2,2-4H3,(H,26,30). The Morgan fingerprint density at radius 1 is 1.12 bits per heavy atom. The number of methoxy groups -OCH3 is 2. The number of carbonyl (C=O) groups is 2. The molecular formula is C25H30N2O6. The van der Waals surface area contributed by atoms with Crippen LogP contribution in [-0.4, -0.2) is 55.4 Å². The minimum absolute atomic E-state index is 0.115. The molecule has 0 aliphatic carbocycles. The van der Waals surface area contributed by atoms with Crippen molar-refractivity contribution in [1.29, 1.82) is 0 Å². The fraction of sp³-hybridized carbons (Fsp3) is 0.360. The van der Waals surface area contributed by atoms with Crippen LogP contribution in [0.5, 0.6) is 17.2 Å². The number of urea groups is 1. The van der Waals surface area contributed by atoms with Crippen LogP contribution in [0.2, 0.25) is 0 Å². The highest BCUT2D eigenvalue weighted by Gasteiger charge is 2.51. The van der Waals surface area contributed by atoms with E-state index in [0.29, 0.717) is 35.7 Å². The molecule has 8 heteroatoms. The number of hydrogen-bond donors (Lipinski definition) is 2. The lowest BCUT2D eigenvalue weighted by molar-refractivity contribution is -0.133. The van der Waals surface area contributed by atoms with Gasteiger partial charge in [-0.3, -0.25) is 9.69 Å². The fourth-order valence-corrected chi connectivity index (χ4v) is 3.88. The van der Waals surface area contributed by atoms with Gasteiger partial charge in [-0.15, -0.1) is 6.58 Å². The predicted molar refractivity (Wildman–Crippen MR) is 124 cm³/mol. The van der Waals surface area contributed by atoms with E-state index in [1.165, 1.54) is 7.11 Å². The zero-order chi connectivity index (χ0) is 24.0. The second kappa shape index (κ2) is 10.4. The molecule has 1 saturated heterocycles. The Morgan fingerprint density at radius 2 is 1.85 bits per heavy atom. The number of nitrogens with zero attached hydrogens (tertiary/aromatic N) is 1. The number of benzene rings is 2. The molecule has 1 aliphatic heterocycles. The first-order chi connectivity index (χ1) is 15.9. The molecule has 2 aromatic rings. The first kappa shape index (κ1) is 24.1. The Hall–Kier alpha value is -3.52. The van der Waals surface area contributed by atoms with Gasteiger partial charge in [-0.1, -0.05) is 31.2 Å². The van der Waals surface area contributed by atoms with Crippen LogP contribution in [0.1, 0.15) is 24.5 Å². The van der Waals surface area contributed by atoms with Crippen LogP contribution in [0.25, 0.3) is 0 Å². The smallest absolute Gasteiger partial charge is 0.325 e. The summed E-state index contributed by atoms with van der Waals surface area (Å²) in [4.78, 5) is 27.0. The molecule has 1 heterocycles. The predicted octanol–water partition coefficient (Wildman–Crippen LogP) is 3.03. The summed E-state index contributed by atoms with van der Waals surface area (Å²) < 4.78 is 16.2. The average molecular weight is 455 g/mol. The summed E-state index contributed by atoms with van der Waals surface area (Å²) in [5, 5.41) is 13.3. The van der Waals surface area contributed by atoms with E-state index in [-0.39, 0.29) is 13.2 Å². The third-order valence-corrected chi connectivity index (χ3v) is 5.72. The van der Waals surface area contributed by atoms with Crippen molar-refractivity contribution < 1.29 is 28.9 Å². The number of nitrogens with one attached hydrogen (secondary N) is 1. The normalized spacial score (nSPS) is 18.6. The van der Waals surface area contributed by atoms with E-state index < -0.39 is 23.6 Å². The van der Waals surface area contributed by atoms with Gasteiger partial charge in [0.15, 0.2) is 11.5 Å². The van der Waals surface area contributed by atoms with Crippen molar-refractivity contribution >= 4 is 11.9 Å². The van der Waals surface area contributed by atoms with E-state index in [1.54, 1.807) is 43.5 Å². The van der Waals surface area contributed by atoms with E-state index >= 15 is 0 Å². The van der Waals surface area contributed by atoms with Gasteiger partial charge in [-0.25, -0.2) is 4.79 Å². The second-order valence-corrected chi connectivity index (χ2v) is 7.78. The zero-order valence-corrected chi connectivity index (χ0v) is 19.2. The number of rotatable bonds is 11. The largest absolute Gasteiger partial charge is 0.497 e. The quantitative estimate of drug-likeness (QED) is 0.400. The highest BCUT2D eigenvalue weighted by atomic mass is 16.5. The molecule has 176 valence electrons. The molecule has 0 bridgehead atoms. The van der Waals surface area contributed by atoms with Gasteiger partial charge in [-0.2, -0.15) is 0 Å². The molecule has 33 heavy (non-hydrogen) atoms. The lowest BCUT2D eigenvalue weighted by Crippen LogP contribution is -2.44. The van der Waals surface area contributed by atoms with Crippen molar-refractivity contribution in [3.63, 3.8) is 0 Å². The van der Waals surface area contributed by atoms with Crippen molar-refractivity contribution in [1.82, 2.24) is 10.2 Å². The minimum Gasteiger partial charge on any atom is -0.497 e. The lowest BCUT2D eigenvalue weighted by Gasteiger charge is -2.26. The molecule has 0 aromatic heterocycles. The van der Waals surface area contributed by atoms with Gasteiger partial charge in [0.1, 0.15) is 24.0 Å². The van der Waals surface area contributed by atoms with Crippen LogP contribution in [-0.2, 0) is 16.8 Å². The van der Waals surface area contributed by atoms with E-state index in [0.717, 1.165) is 10.5 Å². The molecule has 2 N–H and O–H groups in total. The van der Waals surface area contributed by atoms with E-state index in [2.05, 4.69) is 11.9 Å². The van der Waals surface area contributed by atoms with Gasteiger partial charge >= 0.3 is 6.03 Å². The fourth-order valence-electron chi connectivity index (χ4n) is 3.88. The maximum absolute atomic E-state index is 13.3. The topological polar surface area (TPSA) is 97.3 Å². The van der Waals surface area contributed by atoms with Gasteiger partial charge in [0.05, 0.1) is 20.8 Å². The number of aliphatic hydroxyl groups is 1. The summed E-state index contributed by atoms with van der Waals surface area (Å²) in [7, 11) is 3.09. The van der Waals surface area contributed by atoms with Gasteiger partial charge in [0, 0.05) is 0 Å². The molecule has 3 rings (SSSR count). The molecule has 2 unspecified atom stereocenters. The van der Waals surface area contributed by atoms with Crippen molar-refractivity contribution in [3.8, 4) is 17.2 Å². The monoisotopic (exact) mass is 454 g/mol. The van der Waals surface area contributed by atoms with E-state index in [9.17, 15) is 14.7 Å². The summed E-state index contributed by atoms with van der Waals surface area (Å²) in [6.45, 7) is 5.24. The van der Waals surface area contributed by atoms with Gasteiger partial charge in [0.2, 0.25) is 0 Å². The average Bonchev–Trinajstić information content (AvgIpc) is 3.08. The Morgan fingerprint density at radius 3 is 2.45 bits per heavy atom. The number of amides is 3. The van der Waals surface area contributed by atoms with Crippen LogP contribution in [0, 0.1) is 0 Å². The summed E-state index contributed by atoms with van der Waals surface area (Å²) in [5.74, 6) is 1.23. The summed E-state index contributed by atoms with van der Waals surface area (Å²) in [6.07, 6.45) is 1.76. The summed E-state index contributed by atoms with van der Waals surface area (Å²) in [6, 6.07) is 11.9. The zero-order valence-electron chi connectivity index (χ0n) is 19.2. The maximum atomic E-state index is 13.3. The summed E-state index contributed by atoms with van der Waals surface area (Å²) >= 11 is 0. The number of ether oxygens (including phenoxy) is 3. The molecule has 0 saturated carbocycles. The van der Waals surface area contributed by atoms with Crippen molar-refractivity contribution in [2.45, 2.75) is 31.4 Å². The Bertz CT molecular complexity index is 1010. The van der Waals surface area contributed by atoms with Gasteiger partial charge in [-0.05, 0) is 48.2 Å². The van der Waals surface area contributed by atoms with Gasteiger partial charge < -0.3 is 24.6 Å². The molecule has 1 fully saturated rings. The Kier molecular flexibility index (Phi) is 7.60. The number of imide groups is 1. The van der Waals surface area contributed by atoms with Crippen molar-refractivity contribution in [2.75, 3.05) is 27.4 Å². The first-order valence-corrected chi connectivity index (χ1v) is 10.8. The highest BCUT2D eigenvalue weighted by molar-refractivity contribution is 6.07. The third-order valence-electron chi connectivity index (χ3n) is 5.72. The Balaban J connectivity index is 1.68. The number of hydrogen-bond acceptors (Lipinski definition) is 6. The SMILES string of the molecule is C=CCc1ccc(OCC(O)CN2C(=O)NC(CC)(c3ccc(OC)cc3)C2=O)c(OC)c1. The van der Waals surface area contributed by atoms with E-state index in [4.69, 9.17) is 14.2 Å². The molecular weight excluding hydrogens is 424 g/mol. The molecule has 3 amide bonds. The molecule has 1 aliphatic rings. The van der Waals surface area contributed by atoms with Crippen LogP contribution in [0.15, 0.2) is 55.1 Å². The number of carbonyl (C=O) groups excluding carboxylic acids is 2.